The minimum atomic E-state index is -0.0961. The van der Waals surface area contributed by atoms with Gasteiger partial charge < -0.3 is 15.1 Å². The molecule has 0 unspecified atom stereocenters. The molecule has 5 nitrogen and oxygen atoms in total. The van der Waals surface area contributed by atoms with E-state index < -0.39 is 0 Å². The molecule has 31 heavy (non-hydrogen) atoms. The molecule has 0 bridgehead atoms. The maximum absolute atomic E-state index is 13.0. The van der Waals surface area contributed by atoms with Crippen molar-refractivity contribution in [3.05, 3.63) is 59.7 Å². The average Bonchev–Trinajstić information content (AvgIpc) is 2.66. The summed E-state index contributed by atoms with van der Waals surface area (Å²) in [5.41, 5.74) is 3.81. The number of benzene rings is 2. The maximum atomic E-state index is 13.0. The molecule has 0 heterocycles. The first-order chi connectivity index (χ1) is 14.5. The van der Waals surface area contributed by atoms with Crippen LogP contribution in [0.4, 0.5) is 11.4 Å². The van der Waals surface area contributed by atoms with Crippen LogP contribution in [0, 0.1) is 11.3 Å². The third kappa shape index (κ3) is 7.74. The van der Waals surface area contributed by atoms with Crippen molar-refractivity contribution in [2.24, 2.45) is 11.3 Å². The van der Waals surface area contributed by atoms with Gasteiger partial charge in [0.05, 0.1) is 0 Å². The molecule has 2 rings (SSSR count). The standard InChI is InChI=1S/C26H37N3O2/c1-19(2)25(31)29(17-20-11-9-8-10-12-20)18-21-15-22(13-14-23(21)28(6)7)27-24(30)16-26(3,4)5/h8-15,19H,16-18H2,1-7H3,(H,27,30). The molecule has 5 heteroatoms. The lowest BCUT2D eigenvalue weighted by molar-refractivity contribution is -0.135. The van der Waals surface area contributed by atoms with Crippen LogP contribution < -0.4 is 10.2 Å². The van der Waals surface area contributed by atoms with E-state index in [0.29, 0.717) is 19.5 Å². The summed E-state index contributed by atoms with van der Waals surface area (Å²) in [6.07, 6.45) is 0.448. The van der Waals surface area contributed by atoms with Gasteiger partial charge in [0.1, 0.15) is 0 Å². The van der Waals surface area contributed by atoms with Crippen LogP contribution in [0.15, 0.2) is 48.5 Å². The summed E-state index contributed by atoms with van der Waals surface area (Å²) in [6.45, 7) is 11.0. The van der Waals surface area contributed by atoms with Crippen molar-refractivity contribution < 1.29 is 9.59 Å². The fourth-order valence-electron chi connectivity index (χ4n) is 3.50. The van der Waals surface area contributed by atoms with Crippen molar-refractivity contribution in [3.8, 4) is 0 Å². The highest BCUT2D eigenvalue weighted by Crippen LogP contribution is 2.27. The van der Waals surface area contributed by atoms with Crippen LogP contribution in [0.1, 0.15) is 52.2 Å². The van der Waals surface area contributed by atoms with Gasteiger partial charge in [-0.05, 0) is 34.7 Å². The first-order valence-corrected chi connectivity index (χ1v) is 10.9. The van der Waals surface area contributed by atoms with E-state index in [1.165, 1.54) is 0 Å². The molecular formula is C26H37N3O2. The van der Waals surface area contributed by atoms with Crippen LogP contribution in [-0.2, 0) is 22.7 Å². The molecule has 0 spiro atoms. The topological polar surface area (TPSA) is 52.7 Å². The molecule has 2 aromatic carbocycles. The molecule has 0 aliphatic carbocycles. The van der Waals surface area contributed by atoms with E-state index in [1.54, 1.807) is 0 Å². The molecule has 0 saturated heterocycles. The molecule has 0 saturated carbocycles. The Balaban J connectivity index is 2.32. The molecule has 0 fully saturated rings. The van der Waals surface area contributed by atoms with Crippen molar-refractivity contribution in [1.82, 2.24) is 4.90 Å². The van der Waals surface area contributed by atoms with E-state index in [9.17, 15) is 9.59 Å². The first kappa shape index (κ1) is 24.4. The Labute approximate surface area is 187 Å². The van der Waals surface area contributed by atoms with Crippen LogP contribution in [0.3, 0.4) is 0 Å². The van der Waals surface area contributed by atoms with Gasteiger partial charge in [-0.3, -0.25) is 9.59 Å². The second-order valence-corrected chi connectivity index (χ2v) is 9.86. The van der Waals surface area contributed by atoms with Gasteiger partial charge in [0.2, 0.25) is 11.8 Å². The Bertz CT molecular complexity index is 883. The monoisotopic (exact) mass is 423 g/mol. The quantitative estimate of drug-likeness (QED) is 0.626. The number of amides is 2. The van der Waals surface area contributed by atoms with Gasteiger partial charge in [0.15, 0.2) is 0 Å². The molecule has 2 amide bonds. The van der Waals surface area contributed by atoms with Crippen LogP contribution in [0.5, 0.6) is 0 Å². The zero-order valence-corrected chi connectivity index (χ0v) is 20.0. The number of nitrogens with zero attached hydrogens (tertiary/aromatic N) is 2. The molecular weight excluding hydrogens is 386 g/mol. The molecule has 1 N–H and O–H groups in total. The second-order valence-electron chi connectivity index (χ2n) is 9.86. The van der Waals surface area contributed by atoms with Gasteiger partial charge in [0, 0.05) is 50.9 Å². The number of nitrogens with one attached hydrogen (secondary N) is 1. The lowest BCUT2D eigenvalue weighted by atomic mass is 9.92. The smallest absolute Gasteiger partial charge is 0.225 e. The highest BCUT2D eigenvalue weighted by Gasteiger charge is 2.21. The van der Waals surface area contributed by atoms with E-state index in [2.05, 4.69) is 5.32 Å². The van der Waals surface area contributed by atoms with Gasteiger partial charge in [-0.2, -0.15) is 0 Å². The van der Waals surface area contributed by atoms with E-state index in [4.69, 9.17) is 0 Å². The summed E-state index contributed by atoms with van der Waals surface area (Å²) < 4.78 is 0. The highest BCUT2D eigenvalue weighted by atomic mass is 16.2. The maximum Gasteiger partial charge on any atom is 0.225 e. The third-order valence-corrected chi connectivity index (χ3v) is 4.92. The molecule has 0 aliphatic heterocycles. The predicted molar refractivity (Wildman–Crippen MR) is 129 cm³/mol. The summed E-state index contributed by atoms with van der Waals surface area (Å²) in [5.74, 6) is 0.00683. The van der Waals surface area contributed by atoms with Gasteiger partial charge in [-0.15, -0.1) is 0 Å². The molecule has 0 aliphatic rings. The van der Waals surface area contributed by atoms with Gasteiger partial charge in [-0.25, -0.2) is 0 Å². The summed E-state index contributed by atoms with van der Waals surface area (Å²) in [4.78, 5) is 29.4. The van der Waals surface area contributed by atoms with Gasteiger partial charge >= 0.3 is 0 Å². The second kappa shape index (κ2) is 10.5. The Hall–Kier alpha value is -2.82. The largest absolute Gasteiger partial charge is 0.377 e. The number of anilines is 2. The fraction of sp³-hybridized carbons (Fsp3) is 0.462. The number of hydrogen-bond donors (Lipinski definition) is 1. The SMILES string of the molecule is CC(C)C(=O)N(Cc1ccccc1)Cc1cc(NC(=O)CC(C)(C)C)ccc1N(C)C. The van der Waals surface area contributed by atoms with Crippen LogP contribution in [-0.4, -0.2) is 30.8 Å². The normalized spacial score (nSPS) is 11.4. The van der Waals surface area contributed by atoms with Gasteiger partial charge in [-0.1, -0.05) is 65.0 Å². The molecule has 0 atom stereocenters. The minimum absolute atomic E-state index is 0.00421. The van der Waals surface area contributed by atoms with Crippen LogP contribution in [0.25, 0.3) is 0 Å². The van der Waals surface area contributed by atoms with Crippen molar-refractivity contribution in [3.63, 3.8) is 0 Å². The zero-order chi connectivity index (χ0) is 23.2. The van der Waals surface area contributed by atoms with E-state index in [1.807, 2.05) is 107 Å². The molecule has 0 aromatic heterocycles. The van der Waals surface area contributed by atoms with Crippen molar-refractivity contribution in [1.29, 1.82) is 0 Å². The van der Waals surface area contributed by atoms with Crippen LogP contribution >= 0.6 is 0 Å². The lowest BCUT2D eigenvalue weighted by Gasteiger charge is -2.28. The summed E-state index contributed by atoms with van der Waals surface area (Å²) in [5, 5.41) is 3.02. The van der Waals surface area contributed by atoms with Crippen molar-refractivity contribution in [2.45, 2.75) is 54.1 Å². The molecule has 2 aromatic rings. The van der Waals surface area contributed by atoms with E-state index >= 15 is 0 Å². The summed E-state index contributed by atoms with van der Waals surface area (Å²) >= 11 is 0. The molecule has 168 valence electrons. The van der Waals surface area contributed by atoms with Gasteiger partial charge in [0.25, 0.3) is 0 Å². The Morgan fingerprint density at radius 3 is 2.16 bits per heavy atom. The average molecular weight is 424 g/mol. The molecule has 0 radical (unpaired) electrons. The Kier molecular flexibility index (Phi) is 8.26. The predicted octanol–water partition coefficient (Wildman–Crippen LogP) is 5.31. The lowest BCUT2D eigenvalue weighted by Crippen LogP contribution is -2.34. The van der Waals surface area contributed by atoms with Crippen molar-refractivity contribution in [2.75, 3.05) is 24.3 Å². The van der Waals surface area contributed by atoms with E-state index in [0.717, 1.165) is 22.5 Å². The number of rotatable bonds is 8. The van der Waals surface area contributed by atoms with Crippen LogP contribution in [0.2, 0.25) is 0 Å². The highest BCUT2D eigenvalue weighted by molar-refractivity contribution is 5.91. The fourth-order valence-corrected chi connectivity index (χ4v) is 3.50. The van der Waals surface area contributed by atoms with Crippen molar-refractivity contribution >= 4 is 23.2 Å². The minimum Gasteiger partial charge on any atom is -0.377 e. The number of carbonyl (C=O) groups excluding carboxylic acids is 2. The Morgan fingerprint density at radius 2 is 1.61 bits per heavy atom. The van der Waals surface area contributed by atoms with E-state index in [-0.39, 0.29) is 23.1 Å². The number of carbonyl (C=O) groups is 2. The summed E-state index contributed by atoms with van der Waals surface area (Å²) in [6, 6.07) is 15.9. The number of hydrogen-bond acceptors (Lipinski definition) is 3. The zero-order valence-electron chi connectivity index (χ0n) is 20.0. The Morgan fingerprint density at radius 1 is 0.968 bits per heavy atom. The third-order valence-electron chi connectivity index (χ3n) is 4.92. The first-order valence-electron chi connectivity index (χ1n) is 10.9. The summed E-state index contributed by atoms with van der Waals surface area (Å²) in [7, 11) is 3.98.